The van der Waals surface area contributed by atoms with Gasteiger partial charge in [-0.1, -0.05) is 12.8 Å². The Bertz CT molecular complexity index is 628. The fraction of sp³-hybridized carbons (Fsp3) is 0.562. The Morgan fingerprint density at radius 3 is 2.75 bits per heavy atom. The average Bonchev–Trinajstić information content (AvgIpc) is 2.98. The topological polar surface area (TPSA) is 56.4 Å². The Morgan fingerprint density at radius 1 is 1.21 bits per heavy atom. The van der Waals surface area contributed by atoms with Crippen LogP contribution in [0.3, 0.4) is 0 Å². The highest BCUT2D eigenvalue weighted by molar-refractivity contribution is 5.89. The lowest BCUT2D eigenvalue weighted by molar-refractivity contribution is 0.209. The standard InChI is InChI=1S/C16H21F3N4O/c1-23(8-13-9-4-2-3-5-11(9)21-22-13)16(24)20-12-7-6-10(17)14(18)15(12)19/h6-7,9,11,13,21-22H,2-5,8H2,1H3,(H,20,24). The summed E-state index contributed by atoms with van der Waals surface area (Å²) in [5.41, 5.74) is 6.11. The Kier molecular flexibility index (Phi) is 4.96. The number of hydrogen-bond acceptors (Lipinski definition) is 3. The van der Waals surface area contributed by atoms with Gasteiger partial charge in [-0.05, 0) is 30.9 Å². The van der Waals surface area contributed by atoms with Gasteiger partial charge in [0.1, 0.15) is 0 Å². The van der Waals surface area contributed by atoms with Gasteiger partial charge in [-0.2, -0.15) is 0 Å². The molecule has 0 bridgehead atoms. The number of hydrogen-bond donors (Lipinski definition) is 3. The molecule has 2 amide bonds. The smallest absolute Gasteiger partial charge is 0.321 e. The third-order valence-electron chi connectivity index (χ3n) is 4.88. The summed E-state index contributed by atoms with van der Waals surface area (Å²) in [5.74, 6) is -3.83. The van der Waals surface area contributed by atoms with Crippen LogP contribution in [0, 0.1) is 23.4 Å². The summed E-state index contributed by atoms with van der Waals surface area (Å²) < 4.78 is 39.8. The zero-order valence-electron chi connectivity index (χ0n) is 13.4. The second kappa shape index (κ2) is 6.98. The normalized spacial score (nSPS) is 26.1. The molecule has 2 aliphatic rings. The van der Waals surface area contributed by atoms with E-state index in [4.69, 9.17) is 0 Å². The predicted octanol–water partition coefficient (Wildman–Crippen LogP) is 2.60. The van der Waals surface area contributed by atoms with E-state index in [1.807, 2.05) is 0 Å². The number of amides is 2. The molecule has 1 aliphatic heterocycles. The van der Waals surface area contributed by atoms with Crippen molar-refractivity contribution in [1.29, 1.82) is 0 Å². The number of nitrogens with zero attached hydrogens (tertiary/aromatic N) is 1. The van der Waals surface area contributed by atoms with Gasteiger partial charge >= 0.3 is 6.03 Å². The van der Waals surface area contributed by atoms with Crippen molar-refractivity contribution in [3.05, 3.63) is 29.6 Å². The van der Waals surface area contributed by atoms with Crippen molar-refractivity contribution in [2.45, 2.75) is 37.8 Å². The summed E-state index contributed by atoms with van der Waals surface area (Å²) in [6.07, 6.45) is 4.60. The lowest BCUT2D eigenvalue weighted by Gasteiger charge is -2.29. The van der Waals surface area contributed by atoms with E-state index < -0.39 is 23.5 Å². The zero-order valence-corrected chi connectivity index (χ0v) is 13.4. The first-order chi connectivity index (χ1) is 11.5. The SMILES string of the molecule is CN(CC1NNC2CCCCC21)C(=O)Nc1ccc(F)c(F)c1F. The fourth-order valence-corrected chi connectivity index (χ4v) is 3.53. The predicted molar refractivity (Wildman–Crippen MR) is 83.8 cm³/mol. The minimum atomic E-state index is -1.60. The number of urea groups is 1. The lowest BCUT2D eigenvalue weighted by Crippen LogP contribution is -2.44. The fourth-order valence-electron chi connectivity index (χ4n) is 3.53. The van der Waals surface area contributed by atoms with Crippen molar-refractivity contribution >= 4 is 11.7 Å². The number of nitrogens with one attached hydrogen (secondary N) is 3. The number of halogens is 3. The summed E-state index contributed by atoms with van der Waals surface area (Å²) in [7, 11) is 1.59. The van der Waals surface area contributed by atoms with Crippen LogP contribution in [0.2, 0.25) is 0 Å². The molecule has 1 aliphatic carbocycles. The van der Waals surface area contributed by atoms with E-state index in [2.05, 4.69) is 16.2 Å². The van der Waals surface area contributed by atoms with Gasteiger partial charge in [0, 0.05) is 25.7 Å². The van der Waals surface area contributed by atoms with Crippen LogP contribution in [-0.2, 0) is 0 Å². The van der Waals surface area contributed by atoms with Crippen molar-refractivity contribution in [3.8, 4) is 0 Å². The Labute approximate surface area is 138 Å². The molecule has 3 atom stereocenters. The van der Waals surface area contributed by atoms with E-state index in [0.29, 0.717) is 18.5 Å². The monoisotopic (exact) mass is 342 g/mol. The number of rotatable bonds is 3. The summed E-state index contributed by atoms with van der Waals surface area (Å²) in [5, 5.41) is 2.28. The van der Waals surface area contributed by atoms with Gasteiger partial charge in [0.05, 0.1) is 5.69 Å². The number of hydrazine groups is 1. The van der Waals surface area contributed by atoms with Crippen molar-refractivity contribution in [2.75, 3.05) is 18.9 Å². The van der Waals surface area contributed by atoms with E-state index in [1.165, 1.54) is 17.7 Å². The van der Waals surface area contributed by atoms with Crippen molar-refractivity contribution in [3.63, 3.8) is 0 Å². The average molecular weight is 342 g/mol. The molecule has 1 saturated carbocycles. The van der Waals surface area contributed by atoms with Gasteiger partial charge in [-0.25, -0.2) is 18.0 Å². The molecule has 3 unspecified atom stereocenters. The van der Waals surface area contributed by atoms with E-state index in [1.54, 1.807) is 7.05 Å². The molecule has 1 aromatic rings. The van der Waals surface area contributed by atoms with Crippen LogP contribution in [0.5, 0.6) is 0 Å². The third kappa shape index (κ3) is 3.34. The molecular formula is C16H21F3N4O. The van der Waals surface area contributed by atoms with Crippen LogP contribution >= 0.6 is 0 Å². The minimum Gasteiger partial charge on any atom is -0.326 e. The van der Waals surface area contributed by atoms with E-state index in [-0.39, 0.29) is 11.7 Å². The van der Waals surface area contributed by atoms with Gasteiger partial charge in [-0.3, -0.25) is 10.9 Å². The van der Waals surface area contributed by atoms with Crippen LogP contribution < -0.4 is 16.2 Å². The summed E-state index contributed by atoms with van der Waals surface area (Å²) in [6, 6.07) is 1.75. The van der Waals surface area contributed by atoms with Crippen LogP contribution in [0.4, 0.5) is 23.7 Å². The molecule has 3 rings (SSSR count). The Morgan fingerprint density at radius 2 is 1.96 bits per heavy atom. The molecular weight excluding hydrogens is 321 g/mol. The van der Waals surface area contributed by atoms with E-state index in [9.17, 15) is 18.0 Å². The third-order valence-corrected chi connectivity index (χ3v) is 4.88. The van der Waals surface area contributed by atoms with E-state index >= 15 is 0 Å². The van der Waals surface area contributed by atoms with Crippen molar-refractivity contribution < 1.29 is 18.0 Å². The van der Waals surface area contributed by atoms with Crippen LogP contribution in [0.15, 0.2) is 12.1 Å². The maximum absolute atomic E-state index is 13.6. The minimum absolute atomic E-state index is 0.112. The number of anilines is 1. The Balaban J connectivity index is 1.60. The number of benzene rings is 1. The highest BCUT2D eigenvalue weighted by Gasteiger charge is 2.38. The van der Waals surface area contributed by atoms with E-state index in [0.717, 1.165) is 25.0 Å². The first kappa shape index (κ1) is 17.0. The largest absolute Gasteiger partial charge is 0.326 e. The quantitative estimate of drug-likeness (QED) is 0.740. The number of likely N-dealkylation sites (N-methyl/N-ethyl adjacent to an activating group) is 1. The van der Waals surface area contributed by atoms with Gasteiger partial charge in [-0.15, -0.1) is 0 Å². The maximum atomic E-state index is 13.6. The van der Waals surface area contributed by atoms with Gasteiger partial charge in [0.2, 0.25) is 0 Å². The molecule has 24 heavy (non-hydrogen) atoms. The molecule has 0 radical (unpaired) electrons. The number of fused-ring (bicyclic) bond motifs is 1. The molecule has 132 valence electrons. The molecule has 2 fully saturated rings. The molecule has 5 nitrogen and oxygen atoms in total. The second-order valence-corrected chi connectivity index (χ2v) is 6.48. The first-order valence-electron chi connectivity index (χ1n) is 8.14. The molecule has 1 aromatic carbocycles. The van der Waals surface area contributed by atoms with Gasteiger partial charge in [0.25, 0.3) is 0 Å². The Hall–Kier alpha value is -1.80. The van der Waals surface area contributed by atoms with Gasteiger partial charge in [0.15, 0.2) is 17.5 Å². The molecule has 1 heterocycles. The van der Waals surface area contributed by atoms with Crippen molar-refractivity contribution in [2.24, 2.45) is 5.92 Å². The molecule has 0 spiro atoms. The zero-order chi connectivity index (χ0) is 17.3. The summed E-state index contributed by atoms with van der Waals surface area (Å²) in [4.78, 5) is 13.6. The van der Waals surface area contributed by atoms with Crippen LogP contribution in [-0.4, -0.2) is 36.6 Å². The molecule has 3 N–H and O–H groups in total. The molecule has 0 aromatic heterocycles. The van der Waals surface area contributed by atoms with Gasteiger partial charge < -0.3 is 10.2 Å². The number of carbonyl (C=O) groups excluding carboxylic acids is 1. The highest BCUT2D eigenvalue weighted by Crippen LogP contribution is 2.30. The lowest BCUT2D eigenvalue weighted by atomic mass is 9.82. The molecule has 1 saturated heterocycles. The highest BCUT2D eigenvalue weighted by atomic mass is 19.2. The maximum Gasteiger partial charge on any atom is 0.321 e. The molecule has 8 heteroatoms. The van der Waals surface area contributed by atoms with Crippen LogP contribution in [0.25, 0.3) is 0 Å². The first-order valence-corrected chi connectivity index (χ1v) is 8.14. The number of carbonyl (C=O) groups is 1. The van der Waals surface area contributed by atoms with Crippen LogP contribution in [0.1, 0.15) is 25.7 Å². The van der Waals surface area contributed by atoms with Crippen molar-refractivity contribution in [1.82, 2.24) is 15.8 Å². The summed E-state index contributed by atoms with van der Waals surface area (Å²) in [6.45, 7) is 0.436. The second-order valence-electron chi connectivity index (χ2n) is 6.48. The summed E-state index contributed by atoms with van der Waals surface area (Å²) >= 11 is 0.